The van der Waals surface area contributed by atoms with Crippen LogP contribution in [0.2, 0.25) is 0 Å². The summed E-state index contributed by atoms with van der Waals surface area (Å²) in [5.41, 5.74) is 7.92. The number of piperidine rings is 1. The lowest BCUT2D eigenvalue weighted by atomic mass is 9.90. The maximum Gasteiger partial charge on any atom is 0.222 e. The summed E-state index contributed by atoms with van der Waals surface area (Å²) in [6, 6.07) is 8.08. The average molecular weight is 260 g/mol. The molecule has 0 aliphatic carbocycles. The largest absolute Gasteiger partial charge is 0.399 e. The van der Waals surface area contributed by atoms with E-state index in [1.165, 1.54) is 5.56 Å². The number of nitrogens with zero attached hydrogens (tertiary/aromatic N) is 1. The van der Waals surface area contributed by atoms with Crippen LogP contribution in [-0.2, 0) is 4.79 Å². The predicted molar refractivity (Wildman–Crippen MR) is 78.9 cm³/mol. The fourth-order valence-corrected chi connectivity index (χ4v) is 2.77. The Bertz CT molecular complexity index is 442. The van der Waals surface area contributed by atoms with Gasteiger partial charge in [0.1, 0.15) is 0 Å². The number of carbonyl (C=O) groups is 1. The molecule has 19 heavy (non-hydrogen) atoms. The Labute approximate surface area is 115 Å². The van der Waals surface area contributed by atoms with E-state index >= 15 is 0 Å². The van der Waals surface area contributed by atoms with E-state index in [1.807, 2.05) is 23.1 Å². The fraction of sp³-hybridized carbons (Fsp3) is 0.562. The fourth-order valence-electron chi connectivity index (χ4n) is 2.77. The van der Waals surface area contributed by atoms with Gasteiger partial charge in [-0.1, -0.05) is 26.0 Å². The third-order valence-corrected chi connectivity index (χ3v) is 3.74. The maximum absolute atomic E-state index is 12.2. The number of rotatable bonds is 3. The van der Waals surface area contributed by atoms with Gasteiger partial charge in [0, 0.05) is 31.1 Å². The van der Waals surface area contributed by atoms with E-state index in [0.717, 1.165) is 31.6 Å². The molecule has 104 valence electrons. The molecule has 2 N–H and O–H groups in total. The van der Waals surface area contributed by atoms with Crippen LogP contribution in [0.1, 0.15) is 44.6 Å². The van der Waals surface area contributed by atoms with Crippen LogP contribution in [-0.4, -0.2) is 23.9 Å². The summed E-state index contributed by atoms with van der Waals surface area (Å²) in [7, 11) is 0. The van der Waals surface area contributed by atoms with Crippen molar-refractivity contribution in [3.63, 3.8) is 0 Å². The van der Waals surface area contributed by atoms with Gasteiger partial charge in [0.15, 0.2) is 0 Å². The van der Waals surface area contributed by atoms with E-state index in [9.17, 15) is 4.79 Å². The molecule has 1 aromatic rings. The number of likely N-dealkylation sites (tertiary alicyclic amines) is 1. The van der Waals surface area contributed by atoms with E-state index < -0.39 is 0 Å². The van der Waals surface area contributed by atoms with Crippen molar-refractivity contribution in [3.8, 4) is 0 Å². The minimum Gasteiger partial charge on any atom is -0.399 e. The Morgan fingerprint density at radius 1 is 1.47 bits per heavy atom. The summed E-state index contributed by atoms with van der Waals surface area (Å²) >= 11 is 0. The highest BCUT2D eigenvalue weighted by molar-refractivity contribution is 5.76. The highest BCUT2D eigenvalue weighted by Crippen LogP contribution is 2.28. The Morgan fingerprint density at radius 3 is 2.95 bits per heavy atom. The topological polar surface area (TPSA) is 46.3 Å². The molecule has 0 aromatic heterocycles. The SMILES string of the molecule is CC(C)CC(=O)N1CCCC(c2cccc(N)c2)C1. The van der Waals surface area contributed by atoms with Crippen molar-refractivity contribution in [2.75, 3.05) is 18.8 Å². The molecule has 0 spiro atoms. The van der Waals surface area contributed by atoms with Crippen molar-refractivity contribution in [2.24, 2.45) is 5.92 Å². The summed E-state index contributed by atoms with van der Waals surface area (Å²) < 4.78 is 0. The average Bonchev–Trinajstić information content (AvgIpc) is 2.38. The number of anilines is 1. The second kappa shape index (κ2) is 6.09. The molecular formula is C16H24N2O. The van der Waals surface area contributed by atoms with Crippen molar-refractivity contribution in [2.45, 2.75) is 39.0 Å². The van der Waals surface area contributed by atoms with Gasteiger partial charge in [0.25, 0.3) is 0 Å². The number of amides is 1. The van der Waals surface area contributed by atoms with E-state index in [0.29, 0.717) is 24.2 Å². The second-order valence-corrected chi connectivity index (χ2v) is 5.95. The van der Waals surface area contributed by atoms with Gasteiger partial charge >= 0.3 is 0 Å². The van der Waals surface area contributed by atoms with Gasteiger partial charge in [-0.05, 0) is 36.5 Å². The van der Waals surface area contributed by atoms with Crippen LogP contribution >= 0.6 is 0 Å². The first kappa shape index (κ1) is 13.9. The van der Waals surface area contributed by atoms with Crippen LogP contribution in [0, 0.1) is 5.92 Å². The van der Waals surface area contributed by atoms with Crippen LogP contribution in [0.25, 0.3) is 0 Å². The molecule has 0 bridgehead atoms. The van der Waals surface area contributed by atoms with E-state index in [-0.39, 0.29) is 0 Å². The normalized spacial score (nSPS) is 19.7. The number of hydrogen-bond acceptors (Lipinski definition) is 2. The molecular weight excluding hydrogens is 236 g/mol. The zero-order valence-corrected chi connectivity index (χ0v) is 11.9. The molecule has 1 fully saturated rings. The first-order valence-electron chi connectivity index (χ1n) is 7.19. The van der Waals surface area contributed by atoms with Crippen molar-refractivity contribution >= 4 is 11.6 Å². The highest BCUT2D eigenvalue weighted by atomic mass is 16.2. The molecule has 1 saturated heterocycles. The van der Waals surface area contributed by atoms with E-state index in [1.54, 1.807) is 0 Å². The van der Waals surface area contributed by atoms with Crippen LogP contribution in [0.5, 0.6) is 0 Å². The molecule has 2 rings (SSSR count). The lowest BCUT2D eigenvalue weighted by Gasteiger charge is -2.33. The summed E-state index contributed by atoms with van der Waals surface area (Å²) in [6.45, 7) is 5.94. The standard InChI is InChI=1S/C16H24N2O/c1-12(2)9-16(19)18-8-4-6-14(11-18)13-5-3-7-15(17)10-13/h3,5,7,10,12,14H,4,6,8-9,11,17H2,1-2H3. The number of nitrogens with two attached hydrogens (primary N) is 1. The monoisotopic (exact) mass is 260 g/mol. The Hall–Kier alpha value is -1.51. The van der Waals surface area contributed by atoms with Gasteiger partial charge in [-0.15, -0.1) is 0 Å². The molecule has 1 aliphatic rings. The minimum absolute atomic E-state index is 0.295. The maximum atomic E-state index is 12.2. The Balaban J connectivity index is 2.03. The highest BCUT2D eigenvalue weighted by Gasteiger charge is 2.24. The molecule has 1 atom stereocenters. The van der Waals surface area contributed by atoms with Crippen molar-refractivity contribution < 1.29 is 4.79 Å². The van der Waals surface area contributed by atoms with Gasteiger partial charge in [0.05, 0.1) is 0 Å². The van der Waals surface area contributed by atoms with Gasteiger partial charge in [-0.2, -0.15) is 0 Å². The zero-order valence-electron chi connectivity index (χ0n) is 11.9. The second-order valence-electron chi connectivity index (χ2n) is 5.95. The first-order chi connectivity index (χ1) is 9.06. The van der Waals surface area contributed by atoms with Crippen molar-refractivity contribution in [1.82, 2.24) is 4.90 Å². The summed E-state index contributed by atoms with van der Waals surface area (Å²) in [5, 5.41) is 0. The van der Waals surface area contributed by atoms with Crippen molar-refractivity contribution in [1.29, 1.82) is 0 Å². The summed E-state index contributed by atoms with van der Waals surface area (Å²) in [4.78, 5) is 14.2. The first-order valence-corrected chi connectivity index (χ1v) is 7.19. The smallest absolute Gasteiger partial charge is 0.222 e. The van der Waals surface area contributed by atoms with E-state index in [2.05, 4.69) is 19.9 Å². The Morgan fingerprint density at radius 2 is 2.26 bits per heavy atom. The molecule has 0 saturated carbocycles. The lowest BCUT2D eigenvalue weighted by Crippen LogP contribution is -2.39. The lowest BCUT2D eigenvalue weighted by molar-refractivity contribution is -0.133. The molecule has 3 heteroatoms. The van der Waals surface area contributed by atoms with Gasteiger partial charge in [0.2, 0.25) is 5.91 Å². The number of benzene rings is 1. The zero-order chi connectivity index (χ0) is 13.8. The molecule has 0 radical (unpaired) electrons. The van der Waals surface area contributed by atoms with Gasteiger partial charge < -0.3 is 10.6 Å². The summed E-state index contributed by atoms with van der Waals surface area (Å²) in [6.07, 6.45) is 2.89. The molecule has 1 aromatic carbocycles. The molecule has 1 amide bonds. The molecule has 1 unspecified atom stereocenters. The van der Waals surface area contributed by atoms with Crippen LogP contribution in [0.4, 0.5) is 5.69 Å². The van der Waals surface area contributed by atoms with Gasteiger partial charge in [-0.3, -0.25) is 4.79 Å². The number of carbonyl (C=O) groups excluding carboxylic acids is 1. The quantitative estimate of drug-likeness (QED) is 0.849. The summed E-state index contributed by atoms with van der Waals surface area (Å²) in [5.74, 6) is 1.16. The predicted octanol–water partition coefficient (Wildman–Crippen LogP) is 3.02. The third-order valence-electron chi connectivity index (χ3n) is 3.74. The van der Waals surface area contributed by atoms with Crippen LogP contribution in [0.3, 0.4) is 0 Å². The molecule has 3 nitrogen and oxygen atoms in total. The molecule has 1 aliphatic heterocycles. The van der Waals surface area contributed by atoms with Crippen LogP contribution < -0.4 is 5.73 Å². The van der Waals surface area contributed by atoms with E-state index in [4.69, 9.17) is 5.73 Å². The number of hydrogen-bond donors (Lipinski definition) is 1. The Kier molecular flexibility index (Phi) is 4.46. The number of nitrogen functional groups attached to an aromatic ring is 1. The molecule has 1 heterocycles. The van der Waals surface area contributed by atoms with Gasteiger partial charge in [-0.25, -0.2) is 0 Å². The third kappa shape index (κ3) is 3.72. The minimum atomic E-state index is 0.295. The van der Waals surface area contributed by atoms with Crippen molar-refractivity contribution in [3.05, 3.63) is 29.8 Å². The van der Waals surface area contributed by atoms with Crippen LogP contribution in [0.15, 0.2) is 24.3 Å².